The van der Waals surface area contributed by atoms with Crippen molar-refractivity contribution in [2.24, 2.45) is 0 Å². The monoisotopic (exact) mass is 300 g/mol. The van der Waals surface area contributed by atoms with E-state index in [1.165, 1.54) is 0 Å². The number of nitrogens with one attached hydrogen (secondary N) is 1. The first-order chi connectivity index (χ1) is 10.5. The van der Waals surface area contributed by atoms with Crippen LogP contribution in [0.3, 0.4) is 0 Å². The molecule has 0 aromatic heterocycles. The van der Waals surface area contributed by atoms with Gasteiger partial charge in [-0.1, -0.05) is 12.1 Å². The van der Waals surface area contributed by atoms with Gasteiger partial charge in [-0.15, -0.1) is 0 Å². The lowest BCUT2D eigenvalue weighted by molar-refractivity contribution is -0.125. The molecule has 1 fully saturated rings. The average Bonchev–Trinajstić information content (AvgIpc) is 2.96. The number of nitrogens with zero attached hydrogens (tertiary/aromatic N) is 1. The molecule has 5 nitrogen and oxygen atoms in total. The summed E-state index contributed by atoms with van der Waals surface area (Å²) in [5, 5.41) is 11.9. The van der Waals surface area contributed by atoms with Crippen LogP contribution in [-0.2, 0) is 9.53 Å². The number of amides is 1. The summed E-state index contributed by atoms with van der Waals surface area (Å²) in [5.74, 6) is -0.948. The van der Waals surface area contributed by atoms with Gasteiger partial charge in [-0.25, -0.2) is 4.79 Å². The molecule has 0 heterocycles. The number of carbonyl (C=O) groups is 2. The smallest absolute Gasteiger partial charge is 0.338 e. The van der Waals surface area contributed by atoms with Gasteiger partial charge >= 0.3 is 5.97 Å². The Morgan fingerprint density at radius 3 is 2.64 bits per heavy atom. The number of nitriles is 1. The van der Waals surface area contributed by atoms with Crippen LogP contribution in [0.5, 0.6) is 0 Å². The van der Waals surface area contributed by atoms with Crippen molar-refractivity contribution in [1.82, 2.24) is 5.32 Å². The van der Waals surface area contributed by atoms with E-state index in [1.54, 1.807) is 12.1 Å². The van der Waals surface area contributed by atoms with Gasteiger partial charge in [-0.2, -0.15) is 5.26 Å². The Morgan fingerprint density at radius 2 is 2.00 bits per heavy atom. The van der Waals surface area contributed by atoms with Crippen molar-refractivity contribution in [3.05, 3.63) is 34.9 Å². The molecule has 0 radical (unpaired) electrons. The molecule has 0 unspecified atom stereocenters. The summed E-state index contributed by atoms with van der Waals surface area (Å²) in [6, 6.07) is 7.54. The number of carbonyl (C=O) groups excluding carboxylic acids is 2. The normalized spacial score (nSPS) is 15.9. The molecule has 1 aliphatic rings. The van der Waals surface area contributed by atoms with E-state index in [0.29, 0.717) is 18.4 Å². The molecule has 1 aliphatic carbocycles. The molecule has 1 aromatic carbocycles. The first-order valence-corrected chi connectivity index (χ1v) is 7.43. The largest absolute Gasteiger partial charge is 0.452 e. The van der Waals surface area contributed by atoms with Crippen LogP contribution in [0, 0.1) is 25.2 Å². The minimum atomic E-state index is -0.789. The Balaban J connectivity index is 1.92. The first kappa shape index (κ1) is 16.0. The fourth-order valence-corrected chi connectivity index (χ4v) is 2.73. The summed E-state index contributed by atoms with van der Waals surface area (Å²) in [7, 11) is 0. The Hall–Kier alpha value is -2.35. The number of hydrogen-bond acceptors (Lipinski definition) is 4. The minimum absolute atomic E-state index is 0.365. The predicted molar refractivity (Wildman–Crippen MR) is 81.2 cm³/mol. The summed E-state index contributed by atoms with van der Waals surface area (Å²) < 4.78 is 5.07. The van der Waals surface area contributed by atoms with Crippen molar-refractivity contribution in [3.8, 4) is 6.07 Å². The van der Waals surface area contributed by atoms with Crippen LogP contribution < -0.4 is 5.32 Å². The van der Waals surface area contributed by atoms with E-state index in [0.717, 1.165) is 24.0 Å². The molecule has 0 saturated heterocycles. The van der Waals surface area contributed by atoms with E-state index in [1.807, 2.05) is 19.9 Å². The average molecular weight is 300 g/mol. The molecular formula is C17H20N2O3. The fraction of sp³-hybridized carbons (Fsp3) is 0.471. The van der Waals surface area contributed by atoms with Crippen molar-refractivity contribution >= 4 is 11.9 Å². The number of hydrogen-bond donors (Lipinski definition) is 1. The molecule has 0 spiro atoms. The SMILES string of the molecule is Cc1cccc(C(=O)OCC(=O)NC2(C#N)CCCC2)c1C. The molecule has 1 saturated carbocycles. The summed E-state index contributed by atoms with van der Waals surface area (Å²) in [4.78, 5) is 24.0. The predicted octanol–water partition coefficient (Wildman–Crippen LogP) is 2.41. The second kappa shape index (κ2) is 6.61. The van der Waals surface area contributed by atoms with Gasteiger partial charge in [0.2, 0.25) is 0 Å². The quantitative estimate of drug-likeness (QED) is 0.866. The standard InChI is InChI=1S/C17H20N2O3/c1-12-6-5-7-14(13(12)2)16(21)22-10-15(20)19-17(11-18)8-3-4-9-17/h5-7H,3-4,8-10H2,1-2H3,(H,19,20). The molecule has 0 aliphatic heterocycles. The Morgan fingerprint density at radius 1 is 1.32 bits per heavy atom. The summed E-state index contributed by atoms with van der Waals surface area (Å²) in [5.41, 5.74) is 1.51. The van der Waals surface area contributed by atoms with Crippen LogP contribution >= 0.6 is 0 Å². The first-order valence-electron chi connectivity index (χ1n) is 7.43. The zero-order valence-electron chi connectivity index (χ0n) is 12.9. The van der Waals surface area contributed by atoms with Gasteiger partial charge in [0.1, 0.15) is 5.54 Å². The summed E-state index contributed by atoms with van der Waals surface area (Å²) in [6.45, 7) is 3.39. The number of esters is 1. The second-order valence-corrected chi connectivity index (χ2v) is 5.77. The second-order valence-electron chi connectivity index (χ2n) is 5.77. The Labute approximate surface area is 130 Å². The summed E-state index contributed by atoms with van der Waals surface area (Å²) >= 11 is 0. The van der Waals surface area contributed by atoms with E-state index in [2.05, 4.69) is 11.4 Å². The lowest BCUT2D eigenvalue weighted by Crippen LogP contribution is -2.46. The van der Waals surface area contributed by atoms with E-state index in [9.17, 15) is 14.9 Å². The maximum absolute atomic E-state index is 12.0. The molecule has 0 bridgehead atoms. The maximum atomic E-state index is 12.0. The molecule has 22 heavy (non-hydrogen) atoms. The number of aryl methyl sites for hydroxylation is 1. The molecule has 5 heteroatoms. The van der Waals surface area contributed by atoms with Crippen molar-refractivity contribution in [1.29, 1.82) is 5.26 Å². The highest BCUT2D eigenvalue weighted by Crippen LogP contribution is 2.28. The highest BCUT2D eigenvalue weighted by molar-refractivity contribution is 5.93. The van der Waals surface area contributed by atoms with Gasteiger partial charge in [0.15, 0.2) is 6.61 Å². The van der Waals surface area contributed by atoms with Crippen LogP contribution in [-0.4, -0.2) is 24.0 Å². The molecular weight excluding hydrogens is 280 g/mol. The Bertz CT molecular complexity index is 625. The van der Waals surface area contributed by atoms with Gasteiger partial charge in [0.25, 0.3) is 5.91 Å². The molecule has 116 valence electrons. The maximum Gasteiger partial charge on any atom is 0.338 e. The minimum Gasteiger partial charge on any atom is -0.452 e. The third-order valence-electron chi connectivity index (χ3n) is 4.21. The van der Waals surface area contributed by atoms with Gasteiger partial charge in [0, 0.05) is 0 Å². The molecule has 1 N–H and O–H groups in total. The molecule has 1 aromatic rings. The topological polar surface area (TPSA) is 79.2 Å². The lowest BCUT2D eigenvalue weighted by atomic mass is 10.00. The van der Waals surface area contributed by atoms with Crippen LogP contribution in [0.25, 0.3) is 0 Å². The number of ether oxygens (including phenoxy) is 1. The molecule has 0 atom stereocenters. The third-order valence-corrected chi connectivity index (χ3v) is 4.21. The van der Waals surface area contributed by atoms with Crippen LogP contribution in [0.1, 0.15) is 47.2 Å². The fourth-order valence-electron chi connectivity index (χ4n) is 2.73. The van der Waals surface area contributed by atoms with Gasteiger partial charge < -0.3 is 10.1 Å². The molecule has 1 amide bonds. The van der Waals surface area contributed by atoms with Gasteiger partial charge in [-0.05, 0) is 56.7 Å². The van der Waals surface area contributed by atoms with Crippen molar-refractivity contribution in [2.75, 3.05) is 6.61 Å². The van der Waals surface area contributed by atoms with E-state index >= 15 is 0 Å². The Kier molecular flexibility index (Phi) is 4.81. The number of benzene rings is 1. The van der Waals surface area contributed by atoms with Crippen LogP contribution in [0.2, 0.25) is 0 Å². The third kappa shape index (κ3) is 3.45. The van der Waals surface area contributed by atoms with E-state index in [-0.39, 0.29) is 6.61 Å². The van der Waals surface area contributed by atoms with Crippen molar-refractivity contribution in [3.63, 3.8) is 0 Å². The van der Waals surface area contributed by atoms with Gasteiger partial charge in [0.05, 0.1) is 11.6 Å². The lowest BCUT2D eigenvalue weighted by Gasteiger charge is -2.21. The van der Waals surface area contributed by atoms with E-state index in [4.69, 9.17) is 4.74 Å². The zero-order valence-corrected chi connectivity index (χ0v) is 12.9. The number of rotatable bonds is 4. The zero-order chi connectivity index (χ0) is 16.2. The van der Waals surface area contributed by atoms with E-state index < -0.39 is 17.4 Å². The van der Waals surface area contributed by atoms with Crippen LogP contribution in [0.15, 0.2) is 18.2 Å². The molecule has 2 rings (SSSR count). The highest BCUT2D eigenvalue weighted by Gasteiger charge is 2.35. The highest BCUT2D eigenvalue weighted by atomic mass is 16.5. The van der Waals surface area contributed by atoms with Crippen LogP contribution in [0.4, 0.5) is 0 Å². The van der Waals surface area contributed by atoms with Crippen molar-refractivity contribution in [2.45, 2.75) is 45.1 Å². The summed E-state index contributed by atoms with van der Waals surface area (Å²) in [6.07, 6.45) is 3.16. The van der Waals surface area contributed by atoms with Gasteiger partial charge in [-0.3, -0.25) is 4.79 Å². The van der Waals surface area contributed by atoms with Crippen molar-refractivity contribution < 1.29 is 14.3 Å².